The molecule has 138 valence electrons. The Kier molecular flexibility index (Phi) is 5.60. The second-order valence-electron chi connectivity index (χ2n) is 7.83. The van der Waals surface area contributed by atoms with Crippen LogP contribution in [-0.2, 0) is 6.42 Å². The molecule has 2 heteroatoms. The summed E-state index contributed by atoms with van der Waals surface area (Å²) in [6.07, 6.45) is 8.78. The largest absolute Gasteiger partial charge is 0.203 e. The van der Waals surface area contributed by atoms with E-state index in [0.717, 1.165) is 18.4 Å². The van der Waals surface area contributed by atoms with Gasteiger partial charge in [0.15, 0.2) is 11.6 Å². The average Bonchev–Trinajstić information content (AvgIpc) is 2.65. The van der Waals surface area contributed by atoms with E-state index in [9.17, 15) is 8.78 Å². The molecule has 0 aromatic heterocycles. The van der Waals surface area contributed by atoms with Crippen LogP contribution in [0.15, 0.2) is 42.5 Å². The fourth-order valence-electron chi connectivity index (χ4n) is 4.05. The molecule has 26 heavy (non-hydrogen) atoms. The van der Waals surface area contributed by atoms with Crippen molar-refractivity contribution in [2.24, 2.45) is 5.41 Å². The Morgan fingerprint density at radius 3 is 2.19 bits per heavy atom. The van der Waals surface area contributed by atoms with Crippen LogP contribution >= 0.6 is 0 Å². The summed E-state index contributed by atoms with van der Waals surface area (Å²) in [5, 5.41) is 0. The van der Waals surface area contributed by atoms with Gasteiger partial charge in [-0.25, -0.2) is 8.78 Å². The summed E-state index contributed by atoms with van der Waals surface area (Å²) in [6.45, 7) is 6.46. The smallest absolute Gasteiger partial charge is 0.166 e. The molecule has 0 fully saturated rings. The number of allylic oxidation sites excluding steroid dienone is 2. The molecule has 0 nitrogen and oxygen atoms in total. The Morgan fingerprint density at radius 2 is 1.62 bits per heavy atom. The van der Waals surface area contributed by atoms with Crippen molar-refractivity contribution in [1.82, 2.24) is 0 Å². The average molecular weight is 354 g/mol. The number of halogens is 2. The van der Waals surface area contributed by atoms with Crippen LogP contribution in [0.25, 0.3) is 16.7 Å². The molecule has 0 amide bonds. The molecule has 0 radical (unpaired) electrons. The van der Waals surface area contributed by atoms with Crippen molar-refractivity contribution in [2.45, 2.75) is 59.3 Å². The lowest BCUT2D eigenvalue weighted by molar-refractivity contribution is 0.268. The quantitative estimate of drug-likeness (QED) is 0.519. The van der Waals surface area contributed by atoms with E-state index in [0.29, 0.717) is 23.0 Å². The van der Waals surface area contributed by atoms with Crippen molar-refractivity contribution in [3.8, 4) is 11.1 Å². The van der Waals surface area contributed by atoms with Crippen molar-refractivity contribution in [3.63, 3.8) is 0 Å². The minimum atomic E-state index is -0.746. The van der Waals surface area contributed by atoms with Crippen molar-refractivity contribution in [3.05, 3.63) is 65.2 Å². The van der Waals surface area contributed by atoms with Crippen LogP contribution in [0.5, 0.6) is 0 Å². The molecular weight excluding hydrogens is 326 g/mol. The van der Waals surface area contributed by atoms with E-state index < -0.39 is 11.6 Å². The molecule has 1 atom stereocenters. The van der Waals surface area contributed by atoms with Gasteiger partial charge >= 0.3 is 0 Å². The summed E-state index contributed by atoms with van der Waals surface area (Å²) in [6, 6.07) is 11.2. The lowest BCUT2D eigenvalue weighted by Crippen LogP contribution is -2.18. The third kappa shape index (κ3) is 3.75. The molecule has 1 aliphatic carbocycles. The lowest BCUT2D eigenvalue weighted by atomic mass is 9.73. The predicted octanol–water partition coefficient (Wildman–Crippen LogP) is 7.57. The van der Waals surface area contributed by atoms with Crippen LogP contribution in [0.2, 0.25) is 0 Å². The second-order valence-corrected chi connectivity index (χ2v) is 7.83. The van der Waals surface area contributed by atoms with Crippen LogP contribution in [-0.4, -0.2) is 0 Å². The van der Waals surface area contributed by atoms with Crippen LogP contribution < -0.4 is 0 Å². The Bertz CT molecular complexity index is 802. The van der Waals surface area contributed by atoms with Gasteiger partial charge in [-0.05, 0) is 59.8 Å². The van der Waals surface area contributed by atoms with Gasteiger partial charge in [0.25, 0.3) is 0 Å². The van der Waals surface area contributed by atoms with Crippen molar-refractivity contribution in [2.75, 3.05) is 0 Å². The van der Waals surface area contributed by atoms with E-state index in [1.165, 1.54) is 30.4 Å². The first-order valence-electron chi connectivity index (χ1n) is 9.74. The van der Waals surface area contributed by atoms with E-state index in [2.05, 4.69) is 19.9 Å². The van der Waals surface area contributed by atoms with E-state index in [4.69, 9.17) is 0 Å². The highest BCUT2D eigenvalue weighted by atomic mass is 19.2. The first-order chi connectivity index (χ1) is 12.5. The van der Waals surface area contributed by atoms with E-state index in [-0.39, 0.29) is 0 Å². The highest BCUT2D eigenvalue weighted by Gasteiger charge is 2.26. The van der Waals surface area contributed by atoms with Gasteiger partial charge in [-0.3, -0.25) is 0 Å². The van der Waals surface area contributed by atoms with Gasteiger partial charge in [0.2, 0.25) is 0 Å². The van der Waals surface area contributed by atoms with Gasteiger partial charge in [-0.15, -0.1) is 0 Å². The third-order valence-corrected chi connectivity index (χ3v) is 5.80. The molecule has 0 N–H and O–H groups in total. The Balaban J connectivity index is 1.82. The Labute approximate surface area is 156 Å². The molecule has 1 unspecified atom stereocenters. The molecule has 0 heterocycles. The Hall–Kier alpha value is -1.96. The SMILES string of the molecule is CCCC1(C)CC=C(c2ccc(-c3ccc(CC)c(F)c3F)cc2)CC1. The fourth-order valence-corrected chi connectivity index (χ4v) is 4.05. The highest BCUT2D eigenvalue weighted by molar-refractivity contribution is 5.71. The van der Waals surface area contributed by atoms with Crippen molar-refractivity contribution in [1.29, 1.82) is 0 Å². The van der Waals surface area contributed by atoms with E-state index in [1.54, 1.807) is 12.1 Å². The van der Waals surface area contributed by atoms with Gasteiger partial charge in [-0.2, -0.15) is 0 Å². The number of benzene rings is 2. The Morgan fingerprint density at radius 1 is 0.923 bits per heavy atom. The molecule has 0 saturated carbocycles. The summed E-state index contributed by atoms with van der Waals surface area (Å²) in [7, 11) is 0. The van der Waals surface area contributed by atoms with Gasteiger partial charge in [0.05, 0.1) is 0 Å². The number of hydrogen-bond acceptors (Lipinski definition) is 0. The minimum absolute atomic E-state index is 0.333. The molecule has 0 spiro atoms. The topological polar surface area (TPSA) is 0 Å². The van der Waals surface area contributed by atoms with Gasteiger partial charge in [0, 0.05) is 5.56 Å². The minimum Gasteiger partial charge on any atom is -0.203 e. The van der Waals surface area contributed by atoms with Crippen LogP contribution in [0.3, 0.4) is 0 Å². The summed E-state index contributed by atoms with van der Waals surface area (Å²) in [5.41, 5.74) is 4.47. The first-order valence-corrected chi connectivity index (χ1v) is 9.74. The first kappa shape index (κ1) is 18.8. The third-order valence-electron chi connectivity index (χ3n) is 5.80. The molecule has 1 aliphatic rings. The maximum atomic E-state index is 14.4. The van der Waals surface area contributed by atoms with E-state index in [1.807, 2.05) is 31.2 Å². The zero-order chi connectivity index (χ0) is 18.7. The molecule has 0 saturated heterocycles. The van der Waals surface area contributed by atoms with Crippen molar-refractivity contribution < 1.29 is 8.78 Å². The summed E-state index contributed by atoms with van der Waals surface area (Å²) in [5.74, 6) is -1.47. The molecule has 2 aromatic rings. The lowest BCUT2D eigenvalue weighted by Gasteiger charge is -2.32. The van der Waals surface area contributed by atoms with Crippen LogP contribution in [0.1, 0.15) is 64.0 Å². The monoisotopic (exact) mass is 354 g/mol. The molecule has 0 bridgehead atoms. The zero-order valence-corrected chi connectivity index (χ0v) is 16.0. The van der Waals surface area contributed by atoms with Crippen LogP contribution in [0.4, 0.5) is 8.78 Å². The summed E-state index contributed by atoms with van der Waals surface area (Å²) >= 11 is 0. The number of hydrogen-bond donors (Lipinski definition) is 0. The maximum Gasteiger partial charge on any atom is 0.166 e. The number of aryl methyl sites for hydroxylation is 1. The van der Waals surface area contributed by atoms with Gasteiger partial charge in [0.1, 0.15) is 0 Å². The van der Waals surface area contributed by atoms with E-state index >= 15 is 0 Å². The van der Waals surface area contributed by atoms with Gasteiger partial charge < -0.3 is 0 Å². The highest BCUT2D eigenvalue weighted by Crippen LogP contribution is 2.41. The zero-order valence-electron chi connectivity index (χ0n) is 16.0. The predicted molar refractivity (Wildman–Crippen MR) is 106 cm³/mol. The molecule has 0 aliphatic heterocycles. The standard InChI is InChI=1S/C24H28F2/c1-4-14-24(3)15-12-19(13-16-24)18-6-8-20(9-7-18)21-11-10-17(5-2)22(25)23(21)26/h6-12H,4-5,13-16H2,1-3H3. The molecule has 2 aromatic carbocycles. The summed E-state index contributed by atoms with van der Waals surface area (Å²) < 4.78 is 28.4. The fraction of sp³-hybridized carbons (Fsp3) is 0.417. The van der Waals surface area contributed by atoms with Gasteiger partial charge in [-0.1, -0.05) is 69.7 Å². The number of rotatable bonds is 5. The normalized spacial score (nSPS) is 20.1. The second kappa shape index (κ2) is 7.73. The maximum absolute atomic E-state index is 14.4. The molecular formula is C24H28F2. The van der Waals surface area contributed by atoms with Crippen LogP contribution in [0, 0.1) is 17.0 Å². The summed E-state index contributed by atoms with van der Waals surface area (Å²) in [4.78, 5) is 0. The van der Waals surface area contributed by atoms with Crippen molar-refractivity contribution >= 4 is 5.57 Å². The molecule has 3 rings (SSSR count).